The molecule has 0 radical (unpaired) electrons. The van der Waals surface area contributed by atoms with Gasteiger partial charge in [-0.05, 0) is 25.5 Å². The molecule has 2 heterocycles. The number of anilines is 1. The third-order valence-electron chi connectivity index (χ3n) is 4.48. The van der Waals surface area contributed by atoms with E-state index in [0.717, 1.165) is 22.3 Å². The molecule has 0 aliphatic rings. The van der Waals surface area contributed by atoms with Crippen molar-refractivity contribution in [2.45, 2.75) is 25.3 Å². The van der Waals surface area contributed by atoms with Crippen LogP contribution in [-0.2, 0) is 11.3 Å². The molecule has 0 atom stereocenters. The number of carbonyl (C=O) groups is 1. The number of benzene rings is 2. The average molecular weight is 391 g/mol. The predicted molar refractivity (Wildman–Crippen MR) is 113 cm³/mol. The molecule has 0 bridgehead atoms. The average Bonchev–Trinajstić information content (AvgIpc) is 3.25. The van der Waals surface area contributed by atoms with Crippen molar-refractivity contribution in [2.24, 2.45) is 0 Å². The first kappa shape index (κ1) is 18.4. The maximum absolute atomic E-state index is 12.2. The van der Waals surface area contributed by atoms with Gasteiger partial charge in [-0.3, -0.25) is 4.79 Å². The molecule has 0 fully saturated rings. The molecule has 0 aliphatic carbocycles. The fraction of sp³-hybridized carbons (Fsp3) is 0.182. The topological polar surface area (TPSA) is 60.1 Å². The van der Waals surface area contributed by atoms with Crippen molar-refractivity contribution in [3.63, 3.8) is 0 Å². The maximum Gasteiger partial charge on any atom is 0.235 e. The predicted octanol–water partition coefficient (Wildman–Crippen LogP) is 5.03. The van der Waals surface area contributed by atoms with Crippen LogP contribution >= 0.6 is 11.8 Å². The fourth-order valence-electron chi connectivity index (χ4n) is 3.10. The highest BCUT2D eigenvalue weighted by atomic mass is 32.2. The summed E-state index contributed by atoms with van der Waals surface area (Å²) in [7, 11) is 0. The summed E-state index contributed by atoms with van der Waals surface area (Å²) in [5, 5.41) is 7.72. The Kier molecular flexibility index (Phi) is 5.21. The number of aryl methyl sites for hydroxylation is 2. The highest BCUT2D eigenvalue weighted by Crippen LogP contribution is 2.30. The van der Waals surface area contributed by atoms with Gasteiger partial charge in [-0.2, -0.15) is 0 Å². The van der Waals surface area contributed by atoms with Crippen LogP contribution in [0, 0.1) is 13.8 Å². The molecule has 28 heavy (non-hydrogen) atoms. The van der Waals surface area contributed by atoms with Crippen molar-refractivity contribution >= 4 is 34.4 Å². The third kappa shape index (κ3) is 4.12. The highest BCUT2D eigenvalue weighted by molar-refractivity contribution is 8.00. The Morgan fingerprint density at radius 1 is 1.14 bits per heavy atom. The first-order valence-electron chi connectivity index (χ1n) is 9.08. The van der Waals surface area contributed by atoms with Crippen molar-refractivity contribution in [1.82, 2.24) is 9.72 Å². The van der Waals surface area contributed by atoms with E-state index in [2.05, 4.69) is 64.6 Å². The third-order valence-corrected chi connectivity index (χ3v) is 5.52. The van der Waals surface area contributed by atoms with Crippen molar-refractivity contribution in [3.8, 4) is 0 Å². The molecule has 2 aromatic heterocycles. The van der Waals surface area contributed by atoms with Crippen LogP contribution in [0.4, 0.5) is 5.82 Å². The Labute approximate surface area is 167 Å². The van der Waals surface area contributed by atoms with Gasteiger partial charge >= 0.3 is 0 Å². The van der Waals surface area contributed by atoms with E-state index in [4.69, 9.17) is 4.52 Å². The zero-order valence-corrected chi connectivity index (χ0v) is 16.6. The normalized spacial score (nSPS) is 11.1. The number of hydrogen-bond acceptors (Lipinski definition) is 4. The van der Waals surface area contributed by atoms with Gasteiger partial charge in [0, 0.05) is 34.6 Å². The number of aromatic nitrogens is 2. The first-order valence-corrected chi connectivity index (χ1v) is 10.1. The number of rotatable bonds is 6. The van der Waals surface area contributed by atoms with Gasteiger partial charge in [0.2, 0.25) is 5.91 Å². The van der Waals surface area contributed by atoms with Gasteiger partial charge in [0.15, 0.2) is 5.82 Å². The number of nitrogens with zero attached hydrogens (tertiary/aromatic N) is 2. The fourth-order valence-corrected chi connectivity index (χ4v) is 3.99. The minimum absolute atomic E-state index is 0.103. The van der Waals surface area contributed by atoms with Crippen LogP contribution in [0.15, 0.2) is 70.2 Å². The van der Waals surface area contributed by atoms with Crippen molar-refractivity contribution < 1.29 is 9.32 Å². The van der Waals surface area contributed by atoms with Gasteiger partial charge < -0.3 is 14.4 Å². The van der Waals surface area contributed by atoms with E-state index in [1.165, 1.54) is 22.9 Å². The van der Waals surface area contributed by atoms with Gasteiger partial charge in [0.25, 0.3) is 0 Å². The van der Waals surface area contributed by atoms with E-state index in [-0.39, 0.29) is 5.91 Å². The lowest BCUT2D eigenvalue weighted by Gasteiger charge is -2.06. The minimum Gasteiger partial charge on any atom is -0.360 e. The molecule has 6 heteroatoms. The summed E-state index contributed by atoms with van der Waals surface area (Å²) in [5.74, 6) is 1.32. The molecular formula is C22H21N3O2S. The molecule has 4 aromatic rings. The molecule has 0 saturated heterocycles. The van der Waals surface area contributed by atoms with Gasteiger partial charge in [-0.1, -0.05) is 53.2 Å². The van der Waals surface area contributed by atoms with Crippen molar-refractivity contribution in [2.75, 3.05) is 11.1 Å². The Balaban J connectivity index is 1.50. The number of amides is 1. The Morgan fingerprint density at radius 3 is 2.68 bits per heavy atom. The number of para-hydroxylation sites is 1. The van der Waals surface area contributed by atoms with Crippen LogP contribution in [-0.4, -0.2) is 21.4 Å². The number of hydrogen-bond donors (Lipinski definition) is 1. The number of nitrogens with one attached hydrogen (secondary N) is 1. The smallest absolute Gasteiger partial charge is 0.235 e. The largest absolute Gasteiger partial charge is 0.360 e. The molecular weight excluding hydrogens is 370 g/mol. The lowest BCUT2D eigenvalue weighted by Crippen LogP contribution is -2.14. The summed E-state index contributed by atoms with van der Waals surface area (Å²) in [6.07, 6.45) is 2.13. The maximum atomic E-state index is 12.2. The monoisotopic (exact) mass is 391 g/mol. The number of thioether (sulfide) groups is 1. The molecule has 1 N–H and O–H groups in total. The molecule has 1 amide bonds. The second-order valence-corrected chi connectivity index (χ2v) is 7.80. The summed E-state index contributed by atoms with van der Waals surface area (Å²) in [6.45, 7) is 4.68. The van der Waals surface area contributed by atoms with E-state index < -0.39 is 0 Å². The van der Waals surface area contributed by atoms with Crippen LogP contribution in [0.25, 0.3) is 10.9 Å². The van der Waals surface area contributed by atoms with E-state index >= 15 is 0 Å². The van der Waals surface area contributed by atoms with E-state index in [9.17, 15) is 4.79 Å². The van der Waals surface area contributed by atoms with Crippen molar-refractivity contribution in [1.29, 1.82) is 0 Å². The Bertz CT molecular complexity index is 1110. The van der Waals surface area contributed by atoms with E-state index in [1.54, 1.807) is 13.0 Å². The van der Waals surface area contributed by atoms with E-state index in [1.807, 2.05) is 12.1 Å². The van der Waals surface area contributed by atoms with Crippen molar-refractivity contribution in [3.05, 3.63) is 77.7 Å². The summed E-state index contributed by atoms with van der Waals surface area (Å²) < 4.78 is 7.22. The van der Waals surface area contributed by atoms with E-state index in [0.29, 0.717) is 17.3 Å². The molecule has 142 valence electrons. The number of fused-ring (bicyclic) bond motifs is 1. The zero-order valence-electron chi connectivity index (χ0n) is 15.8. The summed E-state index contributed by atoms with van der Waals surface area (Å²) in [5.41, 5.74) is 3.67. The molecule has 0 aliphatic heterocycles. The second-order valence-electron chi connectivity index (χ2n) is 6.78. The quantitative estimate of drug-likeness (QED) is 0.469. The molecule has 0 unspecified atom stereocenters. The highest BCUT2D eigenvalue weighted by Gasteiger charge is 2.12. The van der Waals surface area contributed by atoms with Crippen LogP contribution in [0.5, 0.6) is 0 Å². The summed E-state index contributed by atoms with van der Waals surface area (Å²) in [6, 6.07) is 18.6. The molecule has 5 nitrogen and oxygen atoms in total. The zero-order chi connectivity index (χ0) is 19.5. The molecule has 0 spiro atoms. The number of carbonyl (C=O) groups excluding carboxylic acids is 1. The van der Waals surface area contributed by atoms with Gasteiger partial charge in [0.1, 0.15) is 5.76 Å². The van der Waals surface area contributed by atoms with Gasteiger partial charge in [0.05, 0.1) is 5.75 Å². The first-order chi connectivity index (χ1) is 13.6. The second kappa shape index (κ2) is 7.94. The SMILES string of the molecule is Cc1ccc(Cn2cc(SCC(=O)Nc3cc(C)on3)c3ccccc32)cc1. The van der Waals surface area contributed by atoms with Crippen LogP contribution in [0.3, 0.4) is 0 Å². The Morgan fingerprint density at radius 2 is 1.93 bits per heavy atom. The van der Waals surface area contributed by atoms with Crippen LogP contribution < -0.4 is 5.32 Å². The van der Waals surface area contributed by atoms with Gasteiger partial charge in [-0.25, -0.2) is 0 Å². The summed E-state index contributed by atoms with van der Waals surface area (Å²) in [4.78, 5) is 13.3. The minimum atomic E-state index is -0.103. The van der Waals surface area contributed by atoms with Crippen LogP contribution in [0.1, 0.15) is 16.9 Å². The summed E-state index contributed by atoms with van der Waals surface area (Å²) >= 11 is 1.53. The standard InChI is InChI=1S/C22H21N3O2S/c1-15-7-9-17(10-8-15)12-25-13-20(18-5-3-4-6-19(18)25)28-14-22(26)23-21-11-16(2)27-24-21/h3-11,13H,12,14H2,1-2H3,(H,23,24,26). The van der Waals surface area contributed by atoms with Gasteiger partial charge in [-0.15, -0.1) is 11.8 Å². The Hall–Kier alpha value is -2.99. The molecule has 2 aromatic carbocycles. The molecule has 4 rings (SSSR count). The lowest BCUT2D eigenvalue weighted by atomic mass is 10.1. The lowest BCUT2D eigenvalue weighted by molar-refractivity contribution is -0.113. The van der Waals surface area contributed by atoms with Crippen LogP contribution in [0.2, 0.25) is 0 Å². The molecule has 0 saturated carbocycles.